The van der Waals surface area contributed by atoms with Crippen LogP contribution in [0.5, 0.6) is 0 Å². The molecule has 29 heavy (non-hydrogen) atoms. The largest absolute Gasteiger partial charge is 0.362 e. The van der Waals surface area contributed by atoms with E-state index in [4.69, 9.17) is 0 Å². The van der Waals surface area contributed by atoms with E-state index in [1.165, 1.54) is 16.0 Å². The third kappa shape index (κ3) is 3.79. The van der Waals surface area contributed by atoms with Crippen LogP contribution in [0.1, 0.15) is 55.2 Å². The van der Waals surface area contributed by atoms with Gasteiger partial charge in [-0.05, 0) is 54.2 Å². The van der Waals surface area contributed by atoms with Gasteiger partial charge in [0.15, 0.2) is 0 Å². The molecule has 4 rings (SSSR count). The van der Waals surface area contributed by atoms with Crippen LogP contribution in [0, 0.1) is 22.7 Å². The maximum absolute atomic E-state index is 12.8. The summed E-state index contributed by atoms with van der Waals surface area (Å²) >= 11 is 1.62. The molecule has 1 unspecified atom stereocenters. The Hall–Kier alpha value is -2.32. The second kappa shape index (κ2) is 7.84. The summed E-state index contributed by atoms with van der Waals surface area (Å²) in [6.45, 7) is 8.14. The van der Waals surface area contributed by atoms with Crippen LogP contribution in [0.4, 0.5) is 10.7 Å². The molecule has 1 atom stereocenters. The monoisotopic (exact) mass is 407 g/mol. The number of para-hydroxylation sites is 1. The van der Waals surface area contributed by atoms with Crippen LogP contribution in [0.2, 0.25) is 0 Å². The minimum absolute atomic E-state index is 0.0396. The summed E-state index contributed by atoms with van der Waals surface area (Å²) in [5.74, 6) is 0.595. The van der Waals surface area contributed by atoms with Gasteiger partial charge in [-0.15, -0.1) is 11.3 Å². The fourth-order valence-corrected chi connectivity index (χ4v) is 5.95. The minimum Gasteiger partial charge on any atom is -0.362 e. The molecule has 2 aliphatic rings. The number of thiophene rings is 1. The van der Waals surface area contributed by atoms with Gasteiger partial charge in [-0.1, -0.05) is 45.4 Å². The van der Waals surface area contributed by atoms with E-state index in [0.717, 1.165) is 49.3 Å². The van der Waals surface area contributed by atoms with Gasteiger partial charge in [0.1, 0.15) is 11.1 Å². The molecule has 5 heteroatoms. The first-order valence-electron chi connectivity index (χ1n) is 10.6. The molecule has 1 aromatic heterocycles. The molecular weight excluding hydrogens is 378 g/mol. The van der Waals surface area contributed by atoms with Gasteiger partial charge in [0.2, 0.25) is 5.91 Å². The number of amides is 1. The number of fused-ring (bicyclic) bond motifs is 2. The standard InChI is InChI=1S/C24H29N3OS/c1-4-24(2,3)17-9-10-18-19(14-25)23(29-21(18)13-17)26-22(28)15-27-12-11-16-7-5-6-8-20(16)27/h5-8,17H,4,9-13,15H2,1-3H3,(H,26,28). The van der Waals surface area contributed by atoms with Crippen molar-refractivity contribution >= 4 is 27.9 Å². The highest BCUT2D eigenvalue weighted by Gasteiger charge is 2.34. The van der Waals surface area contributed by atoms with Crippen LogP contribution >= 0.6 is 11.3 Å². The third-order valence-corrected chi connectivity index (χ3v) is 8.13. The van der Waals surface area contributed by atoms with Gasteiger partial charge >= 0.3 is 0 Å². The van der Waals surface area contributed by atoms with Gasteiger partial charge < -0.3 is 10.2 Å². The first kappa shape index (κ1) is 20.0. The van der Waals surface area contributed by atoms with Crippen molar-refractivity contribution in [1.29, 1.82) is 5.26 Å². The number of hydrogen-bond donors (Lipinski definition) is 1. The molecule has 0 spiro atoms. The Balaban J connectivity index is 1.49. The lowest BCUT2D eigenvalue weighted by atomic mass is 9.69. The molecule has 1 aromatic carbocycles. The molecule has 2 aromatic rings. The maximum Gasteiger partial charge on any atom is 0.244 e. The first-order chi connectivity index (χ1) is 13.9. The van der Waals surface area contributed by atoms with Gasteiger partial charge in [-0.25, -0.2) is 0 Å². The van der Waals surface area contributed by atoms with Gasteiger partial charge in [-0.2, -0.15) is 5.26 Å². The van der Waals surface area contributed by atoms with E-state index in [1.807, 2.05) is 12.1 Å². The Morgan fingerprint density at radius 3 is 2.90 bits per heavy atom. The van der Waals surface area contributed by atoms with Crippen molar-refractivity contribution in [3.63, 3.8) is 0 Å². The fraction of sp³-hybridized carbons (Fsp3) is 0.500. The van der Waals surface area contributed by atoms with E-state index in [-0.39, 0.29) is 5.91 Å². The van der Waals surface area contributed by atoms with E-state index in [2.05, 4.69) is 49.2 Å². The highest BCUT2D eigenvalue weighted by molar-refractivity contribution is 7.16. The predicted molar refractivity (Wildman–Crippen MR) is 120 cm³/mol. The SMILES string of the molecule is CCC(C)(C)C1CCc2c(sc(NC(=O)CN3CCc4ccccc43)c2C#N)C1. The van der Waals surface area contributed by atoms with Crippen LogP contribution in [0.3, 0.4) is 0 Å². The fourth-order valence-electron chi connectivity index (χ4n) is 4.66. The van der Waals surface area contributed by atoms with E-state index in [0.29, 0.717) is 23.4 Å². The number of nitrogens with one attached hydrogen (secondary N) is 1. The number of nitriles is 1. The Kier molecular flexibility index (Phi) is 5.40. The quantitative estimate of drug-likeness (QED) is 0.745. The third-order valence-electron chi connectivity index (χ3n) is 6.96. The van der Waals surface area contributed by atoms with Gasteiger partial charge in [-0.3, -0.25) is 4.79 Å². The van der Waals surface area contributed by atoms with E-state index < -0.39 is 0 Å². The lowest BCUT2D eigenvalue weighted by Crippen LogP contribution is -2.31. The molecule has 0 fully saturated rings. The highest BCUT2D eigenvalue weighted by atomic mass is 32.1. The van der Waals surface area contributed by atoms with Crippen molar-refractivity contribution in [1.82, 2.24) is 0 Å². The van der Waals surface area contributed by atoms with Crippen LogP contribution in [-0.2, 0) is 24.1 Å². The van der Waals surface area contributed by atoms with E-state index in [9.17, 15) is 10.1 Å². The zero-order chi connectivity index (χ0) is 20.6. The predicted octanol–water partition coefficient (Wildman–Crippen LogP) is 5.16. The summed E-state index contributed by atoms with van der Waals surface area (Å²) in [5.41, 5.74) is 4.61. The molecule has 1 aliphatic heterocycles. The van der Waals surface area contributed by atoms with Gasteiger partial charge in [0, 0.05) is 17.1 Å². The van der Waals surface area contributed by atoms with Crippen molar-refractivity contribution in [3.8, 4) is 6.07 Å². The second-order valence-corrected chi connectivity index (χ2v) is 10.1. The Morgan fingerprint density at radius 1 is 1.34 bits per heavy atom. The Bertz CT molecular complexity index is 969. The van der Waals surface area contributed by atoms with E-state index in [1.54, 1.807) is 11.3 Å². The zero-order valence-corrected chi connectivity index (χ0v) is 18.4. The number of carbonyl (C=O) groups is 1. The Labute approximate surface area is 177 Å². The van der Waals surface area contributed by atoms with Crippen LogP contribution < -0.4 is 10.2 Å². The van der Waals surface area contributed by atoms with Gasteiger partial charge in [0.05, 0.1) is 12.1 Å². The normalized spacial score (nSPS) is 18.1. The van der Waals surface area contributed by atoms with Gasteiger partial charge in [0.25, 0.3) is 0 Å². The highest BCUT2D eigenvalue weighted by Crippen LogP contribution is 2.45. The van der Waals surface area contributed by atoms with Crippen LogP contribution in [0.25, 0.3) is 0 Å². The first-order valence-corrected chi connectivity index (χ1v) is 11.4. The van der Waals surface area contributed by atoms with Crippen molar-refractivity contribution in [2.75, 3.05) is 23.3 Å². The van der Waals surface area contributed by atoms with Crippen molar-refractivity contribution < 1.29 is 4.79 Å². The molecule has 0 radical (unpaired) electrons. The lowest BCUT2D eigenvalue weighted by molar-refractivity contribution is -0.114. The molecule has 0 bridgehead atoms. The smallest absolute Gasteiger partial charge is 0.244 e. The summed E-state index contributed by atoms with van der Waals surface area (Å²) in [6, 6.07) is 10.6. The van der Waals surface area contributed by atoms with Crippen molar-refractivity contribution in [2.24, 2.45) is 11.3 Å². The average Bonchev–Trinajstić information content (AvgIpc) is 3.28. The number of benzene rings is 1. The number of hydrogen-bond acceptors (Lipinski definition) is 4. The molecule has 0 saturated heterocycles. The molecule has 1 aliphatic carbocycles. The second-order valence-electron chi connectivity index (χ2n) is 8.95. The topological polar surface area (TPSA) is 56.1 Å². The summed E-state index contributed by atoms with van der Waals surface area (Å²) in [5, 5.41) is 13.6. The number of rotatable bonds is 5. The zero-order valence-electron chi connectivity index (χ0n) is 17.5. The lowest BCUT2D eigenvalue weighted by Gasteiger charge is -2.36. The summed E-state index contributed by atoms with van der Waals surface area (Å²) in [7, 11) is 0. The van der Waals surface area contributed by atoms with Crippen LogP contribution in [0.15, 0.2) is 24.3 Å². The molecule has 4 nitrogen and oxygen atoms in total. The molecule has 1 amide bonds. The molecule has 2 heterocycles. The number of carbonyl (C=O) groups excluding carboxylic acids is 1. The number of anilines is 2. The van der Waals surface area contributed by atoms with Crippen molar-refractivity contribution in [3.05, 3.63) is 45.8 Å². The minimum atomic E-state index is -0.0396. The molecule has 1 N–H and O–H groups in total. The number of nitrogens with zero attached hydrogens (tertiary/aromatic N) is 2. The Morgan fingerprint density at radius 2 is 2.14 bits per heavy atom. The maximum atomic E-state index is 12.8. The summed E-state index contributed by atoms with van der Waals surface area (Å²) in [6.07, 6.45) is 5.22. The molecule has 0 saturated carbocycles. The average molecular weight is 408 g/mol. The van der Waals surface area contributed by atoms with Crippen molar-refractivity contribution in [2.45, 2.75) is 52.9 Å². The molecular formula is C24H29N3OS. The van der Waals surface area contributed by atoms with Crippen LogP contribution in [-0.4, -0.2) is 19.0 Å². The molecule has 152 valence electrons. The summed E-state index contributed by atoms with van der Waals surface area (Å²) < 4.78 is 0. The summed E-state index contributed by atoms with van der Waals surface area (Å²) in [4.78, 5) is 16.2. The van der Waals surface area contributed by atoms with E-state index >= 15 is 0 Å².